The summed E-state index contributed by atoms with van der Waals surface area (Å²) in [4.78, 5) is 10.8. The van der Waals surface area contributed by atoms with E-state index in [1.165, 1.54) is 34.7 Å². The minimum atomic E-state index is -1.08. The van der Waals surface area contributed by atoms with E-state index in [0.717, 1.165) is 0 Å². The van der Waals surface area contributed by atoms with Crippen LogP contribution in [0.1, 0.15) is 42.1 Å². The van der Waals surface area contributed by atoms with E-state index < -0.39 is 5.97 Å². The molecule has 26 heavy (non-hydrogen) atoms. The fourth-order valence-corrected chi connectivity index (χ4v) is 3.72. The minimum absolute atomic E-state index is 0. The first-order chi connectivity index (χ1) is 12.1. The number of aryl methyl sites for hydroxylation is 1. The van der Waals surface area contributed by atoms with Crippen molar-refractivity contribution >= 4 is 32.7 Å². The smallest absolute Gasteiger partial charge is 0.550 e. The maximum Gasteiger partial charge on any atom is 1.00 e. The number of halogens is 1. The van der Waals surface area contributed by atoms with Crippen LogP contribution < -0.4 is 34.7 Å². The van der Waals surface area contributed by atoms with Crippen molar-refractivity contribution in [3.8, 4) is 0 Å². The van der Waals surface area contributed by atoms with Gasteiger partial charge in [0.15, 0.2) is 4.73 Å². The molecule has 7 heteroatoms. The summed E-state index contributed by atoms with van der Waals surface area (Å²) < 4.78 is 2.53. The molecule has 0 saturated heterocycles. The van der Waals surface area contributed by atoms with Crippen LogP contribution in [0, 0.1) is 0 Å². The number of carbonyl (C=O) groups excluding carboxylic acids is 1. The van der Waals surface area contributed by atoms with Gasteiger partial charge in [0.25, 0.3) is 0 Å². The van der Waals surface area contributed by atoms with Crippen LogP contribution in [0.4, 0.5) is 0 Å². The first kappa shape index (κ1) is 19.5. The van der Waals surface area contributed by atoms with Crippen molar-refractivity contribution in [3.63, 3.8) is 0 Å². The number of nitrogens with zero attached hydrogens (tertiary/aromatic N) is 3. The number of carboxylic acid groups (broad SMARTS) is 1. The van der Waals surface area contributed by atoms with Crippen LogP contribution in [-0.4, -0.2) is 20.7 Å². The molecule has 128 valence electrons. The molecule has 0 aliphatic heterocycles. The Morgan fingerprint density at radius 1 is 1.15 bits per heavy atom. The summed E-state index contributed by atoms with van der Waals surface area (Å²) >= 11 is 3.42. The Hall–Kier alpha value is -1.21. The Morgan fingerprint density at radius 3 is 2.58 bits per heavy atom. The molecule has 0 radical (unpaired) electrons. The Bertz CT molecular complexity index is 953. The van der Waals surface area contributed by atoms with E-state index in [2.05, 4.69) is 62.5 Å². The largest absolute Gasteiger partial charge is 1.00 e. The standard InChI is InChI=1S/C19H18BrN3O2.Na/c20-19-22-21-17(9-10-18(24)25)23(19)11-13-7-8-15(12-5-6-12)16-4-2-1-3-14(13)16;/h1-4,7-8,12H,5-6,9-11H2,(H,24,25);/q;+1/p-1. The van der Waals surface area contributed by atoms with Crippen molar-refractivity contribution in [1.82, 2.24) is 14.8 Å². The molecule has 1 aromatic heterocycles. The van der Waals surface area contributed by atoms with Crippen LogP contribution in [0.5, 0.6) is 0 Å². The number of rotatable bonds is 6. The SMILES string of the molecule is O=C([O-])CCc1nnc(Br)n1Cc1ccc(C2CC2)c2ccccc12.[Na+]. The van der Waals surface area contributed by atoms with E-state index in [4.69, 9.17) is 0 Å². The summed E-state index contributed by atoms with van der Waals surface area (Å²) in [5, 5.41) is 21.4. The van der Waals surface area contributed by atoms with Crippen molar-refractivity contribution in [3.05, 3.63) is 58.1 Å². The zero-order valence-corrected chi connectivity index (χ0v) is 18.2. The molecular formula is C19H17BrN3NaO2. The number of hydrogen-bond donors (Lipinski definition) is 0. The molecule has 1 fully saturated rings. The Labute approximate surface area is 182 Å². The molecule has 0 unspecified atom stereocenters. The van der Waals surface area contributed by atoms with Crippen LogP contribution in [0.3, 0.4) is 0 Å². The van der Waals surface area contributed by atoms with Gasteiger partial charge < -0.3 is 14.5 Å². The van der Waals surface area contributed by atoms with Gasteiger partial charge in [-0.1, -0.05) is 36.4 Å². The zero-order valence-electron chi connectivity index (χ0n) is 14.6. The average molecular weight is 422 g/mol. The molecule has 1 heterocycles. The summed E-state index contributed by atoms with van der Waals surface area (Å²) in [5.74, 6) is 0.260. The molecule has 2 aromatic carbocycles. The molecular weight excluding hydrogens is 405 g/mol. The predicted molar refractivity (Wildman–Crippen MR) is 96.1 cm³/mol. The maximum absolute atomic E-state index is 10.8. The van der Waals surface area contributed by atoms with Gasteiger partial charge in [-0.25, -0.2) is 0 Å². The Morgan fingerprint density at radius 2 is 1.88 bits per heavy atom. The van der Waals surface area contributed by atoms with E-state index in [1.807, 2.05) is 4.57 Å². The van der Waals surface area contributed by atoms with Gasteiger partial charge in [0, 0.05) is 12.4 Å². The van der Waals surface area contributed by atoms with Gasteiger partial charge in [0.2, 0.25) is 0 Å². The third-order valence-electron chi connectivity index (χ3n) is 4.73. The summed E-state index contributed by atoms with van der Waals surface area (Å²) in [5.41, 5.74) is 2.61. The first-order valence-electron chi connectivity index (χ1n) is 8.41. The summed E-state index contributed by atoms with van der Waals surface area (Å²) in [7, 11) is 0. The van der Waals surface area contributed by atoms with Crippen molar-refractivity contribution in [2.45, 2.75) is 38.1 Å². The monoisotopic (exact) mass is 421 g/mol. The summed E-state index contributed by atoms with van der Waals surface area (Å²) in [6.45, 7) is 0.599. The van der Waals surface area contributed by atoms with E-state index in [9.17, 15) is 9.90 Å². The normalized spacial score (nSPS) is 13.6. The van der Waals surface area contributed by atoms with E-state index in [1.54, 1.807) is 0 Å². The molecule has 0 bridgehead atoms. The fraction of sp³-hybridized carbons (Fsp3) is 0.316. The van der Waals surface area contributed by atoms with Crippen molar-refractivity contribution in [2.75, 3.05) is 0 Å². The quantitative estimate of drug-likeness (QED) is 0.517. The second-order valence-corrected chi connectivity index (χ2v) is 7.19. The molecule has 0 spiro atoms. The molecule has 0 atom stereocenters. The zero-order chi connectivity index (χ0) is 17.4. The third kappa shape index (κ3) is 4.03. The molecule has 1 aliphatic carbocycles. The van der Waals surface area contributed by atoms with Gasteiger partial charge in [-0.2, -0.15) is 0 Å². The number of carboxylic acids is 1. The number of fused-ring (bicyclic) bond motifs is 1. The minimum Gasteiger partial charge on any atom is -0.550 e. The van der Waals surface area contributed by atoms with Gasteiger partial charge in [0.1, 0.15) is 5.82 Å². The fourth-order valence-electron chi connectivity index (χ4n) is 3.31. The summed E-state index contributed by atoms with van der Waals surface area (Å²) in [6, 6.07) is 12.9. The molecule has 5 nitrogen and oxygen atoms in total. The molecule has 4 rings (SSSR count). The van der Waals surface area contributed by atoms with E-state index in [-0.39, 0.29) is 36.0 Å². The number of aliphatic carboxylic acids is 1. The van der Waals surface area contributed by atoms with Crippen LogP contribution in [-0.2, 0) is 17.8 Å². The number of hydrogen-bond acceptors (Lipinski definition) is 4. The molecule has 3 aromatic rings. The number of aromatic nitrogens is 3. The third-order valence-corrected chi connectivity index (χ3v) is 5.32. The molecule has 1 aliphatic rings. The van der Waals surface area contributed by atoms with Gasteiger partial charge in [-0.3, -0.25) is 0 Å². The van der Waals surface area contributed by atoms with E-state index in [0.29, 0.717) is 29.4 Å². The molecule has 0 N–H and O–H groups in total. The first-order valence-corrected chi connectivity index (χ1v) is 9.20. The van der Waals surface area contributed by atoms with Crippen LogP contribution >= 0.6 is 15.9 Å². The predicted octanol–water partition coefficient (Wildman–Crippen LogP) is -0.194. The maximum atomic E-state index is 10.8. The molecule has 1 saturated carbocycles. The van der Waals surface area contributed by atoms with Crippen LogP contribution in [0.2, 0.25) is 0 Å². The average Bonchev–Trinajstić information content (AvgIpc) is 3.39. The van der Waals surface area contributed by atoms with Crippen molar-refractivity contribution in [1.29, 1.82) is 0 Å². The number of carbonyl (C=O) groups is 1. The Kier molecular flexibility index (Phi) is 6.17. The van der Waals surface area contributed by atoms with Crippen LogP contribution in [0.25, 0.3) is 10.8 Å². The van der Waals surface area contributed by atoms with Crippen molar-refractivity contribution in [2.24, 2.45) is 0 Å². The second kappa shape index (κ2) is 8.21. The Balaban J connectivity index is 0.00000196. The van der Waals surface area contributed by atoms with Gasteiger partial charge in [-0.15, -0.1) is 10.2 Å². The topological polar surface area (TPSA) is 70.8 Å². The van der Waals surface area contributed by atoms with Gasteiger partial charge in [-0.05, 0) is 63.0 Å². The number of benzene rings is 2. The van der Waals surface area contributed by atoms with Gasteiger partial charge in [0.05, 0.1) is 6.54 Å². The second-order valence-electron chi connectivity index (χ2n) is 6.48. The summed E-state index contributed by atoms with van der Waals surface area (Å²) in [6.07, 6.45) is 2.78. The van der Waals surface area contributed by atoms with E-state index >= 15 is 0 Å². The van der Waals surface area contributed by atoms with Gasteiger partial charge >= 0.3 is 29.6 Å². The van der Waals surface area contributed by atoms with Crippen LogP contribution in [0.15, 0.2) is 41.1 Å². The molecule has 0 amide bonds. The van der Waals surface area contributed by atoms with Crippen molar-refractivity contribution < 1.29 is 39.5 Å².